The highest BCUT2D eigenvalue weighted by atomic mass is 35.5. The summed E-state index contributed by atoms with van der Waals surface area (Å²) in [5, 5.41) is 1.07. The quantitative estimate of drug-likeness (QED) is 0.805. The second-order valence-corrected chi connectivity index (χ2v) is 6.07. The number of hydrogen-bond acceptors (Lipinski definition) is 1. The van der Waals surface area contributed by atoms with Crippen LogP contribution >= 0.6 is 23.2 Å². The zero-order valence-electron chi connectivity index (χ0n) is 9.46. The second kappa shape index (κ2) is 4.29. The minimum atomic E-state index is 0.272. The summed E-state index contributed by atoms with van der Waals surface area (Å²) in [5.74, 6) is 2.30. The molecule has 2 aliphatic carbocycles. The van der Waals surface area contributed by atoms with E-state index in [0.717, 1.165) is 30.2 Å². The van der Waals surface area contributed by atoms with Gasteiger partial charge in [-0.25, -0.2) is 0 Å². The molecule has 2 aliphatic rings. The monoisotopic (exact) mass is 268 g/mol. The van der Waals surface area contributed by atoms with E-state index >= 15 is 0 Å². The molecule has 0 N–H and O–H groups in total. The van der Waals surface area contributed by atoms with E-state index in [1.165, 1.54) is 6.42 Å². The van der Waals surface area contributed by atoms with E-state index in [2.05, 4.69) is 0 Å². The van der Waals surface area contributed by atoms with Crippen molar-refractivity contribution in [2.24, 2.45) is 17.8 Å². The van der Waals surface area contributed by atoms with Gasteiger partial charge in [0.15, 0.2) is 0 Å². The molecule has 0 heterocycles. The Kier molecular flexibility index (Phi) is 2.92. The predicted molar refractivity (Wildman–Crippen MR) is 69.5 cm³/mol. The summed E-state index contributed by atoms with van der Waals surface area (Å²) in [7, 11) is 0. The van der Waals surface area contributed by atoms with Crippen LogP contribution in [0.2, 0.25) is 10.0 Å². The van der Waals surface area contributed by atoms with Crippen LogP contribution in [0, 0.1) is 17.8 Å². The molecule has 0 amide bonds. The summed E-state index contributed by atoms with van der Waals surface area (Å²) in [4.78, 5) is 12.1. The number of ketones is 1. The molecular formula is C14H14Cl2O. The minimum Gasteiger partial charge on any atom is -0.299 e. The second-order valence-electron chi connectivity index (χ2n) is 5.28. The van der Waals surface area contributed by atoms with E-state index in [0.29, 0.717) is 22.2 Å². The molecule has 2 unspecified atom stereocenters. The van der Waals surface area contributed by atoms with Gasteiger partial charge in [0, 0.05) is 12.3 Å². The first kappa shape index (κ1) is 11.6. The third-order valence-corrected chi connectivity index (χ3v) is 4.95. The summed E-state index contributed by atoms with van der Waals surface area (Å²) < 4.78 is 0. The van der Waals surface area contributed by atoms with Crippen molar-refractivity contribution in [3.8, 4) is 0 Å². The molecule has 0 saturated heterocycles. The number of fused-ring (bicyclic) bond motifs is 1. The van der Waals surface area contributed by atoms with Crippen LogP contribution in [0.15, 0.2) is 18.2 Å². The minimum absolute atomic E-state index is 0.272. The van der Waals surface area contributed by atoms with Gasteiger partial charge in [-0.2, -0.15) is 0 Å². The van der Waals surface area contributed by atoms with E-state index in [9.17, 15) is 4.79 Å². The van der Waals surface area contributed by atoms with Crippen LogP contribution in [0.5, 0.6) is 0 Å². The Morgan fingerprint density at radius 2 is 1.88 bits per heavy atom. The Morgan fingerprint density at radius 1 is 1.18 bits per heavy atom. The first-order valence-electron chi connectivity index (χ1n) is 6.10. The molecule has 1 aromatic rings. The maximum Gasteiger partial charge on any atom is 0.140 e. The molecule has 1 nitrogen and oxygen atoms in total. The van der Waals surface area contributed by atoms with Crippen molar-refractivity contribution in [1.82, 2.24) is 0 Å². The summed E-state index contributed by atoms with van der Waals surface area (Å²) in [6.45, 7) is 0. The smallest absolute Gasteiger partial charge is 0.140 e. The molecule has 0 aliphatic heterocycles. The molecular weight excluding hydrogens is 255 g/mol. The van der Waals surface area contributed by atoms with Gasteiger partial charge >= 0.3 is 0 Å². The molecule has 90 valence electrons. The fourth-order valence-corrected chi connectivity index (χ4v) is 3.38. The van der Waals surface area contributed by atoms with Crippen molar-refractivity contribution in [1.29, 1.82) is 0 Å². The van der Waals surface area contributed by atoms with E-state index < -0.39 is 0 Å². The number of carbonyl (C=O) groups excluding carboxylic acids is 1. The Hall–Kier alpha value is -0.530. The topological polar surface area (TPSA) is 17.1 Å². The fraction of sp³-hybridized carbons (Fsp3) is 0.500. The van der Waals surface area contributed by atoms with Crippen LogP contribution in [0.3, 0.4) is 0 Å². The molecule has 3 rings (SSSR count). The molecule has 0 aromatic heterocycles. The van der Waals surface area contributed by atoms with E-state index in [1.807, 2.05) is 12.1 Å². The number of rotatable bonds is 3. The summed E-state index contributed by atoms with van der Waals surface area (Å²) >= 11 is 12.0. The Labute approximate surface area is 111 Å². The van der Waals surface area contributed by atoms with Crippen molar-refractivity contribution in [2.45, 2.75) is 25.7 Å². The molecule has 2 fully saturated rings. The number of hydrogen-bond donors (Lipinski definition) is 0. The lowest BCUT2D eigenvalue weighted by molar-refractivity contribution is -0.122. The van der Waals surface area contributed by atoms with Crippen molar-refractivity contribution >= 4 is 29.0 Å². The van der Waals surface area contributed by atoms with E-state index in [-0.39, 0.29) is 5.92 Å². The van der Waals surface area contributed by atoms with Gasteiger partial charge in [0.25, 0.3) is 0 Å². The molecule has 2 saturated carbocycles. The molecule has 3 heteroatoms. The van der Waals surface area contributed by atoms with Crippen LogP contribution in [-0.4, -0.2) is 5.78 Å². The largest absolute Gasteiger partial charge is 0.299 e. The SMILES string of the molecule is O=C(Cc1cccc(Cl)c1Cl)C1CC2CC2C1. The molecule has 17 heavy (non-hydrogen) atoms. The van der Waals surface area contributed by atoms with Crippen LogP contribution in [0.25, 0.3) is 0 Å². The summed E-state index contributed by atoms with van der Waals surface area (Å²) in [6, 6.07) is 5.49. The van der Waals surface area contributed by atoms with Gasteiger partial charge < -0.3 is 0 Å². The first-order valence-corrected chi connectivity index (χ1v) is 6.86. The average Bonchev–Trinajstić information content (AvgIpc) is 2.92. The zero-order chi connectivity index (χ0) is 12.0. The van der Waals surface area contributed by atoms with Crippen molar-refractivity contribution < 1.29 is 4.79 Å². The van der Waals surface area contributed by atoms with Crippen LogP contribution in [-0.2, 0) is 11.2 Å². The normalized spacial score (nSPS) is 30.1. The van der Waals surface area contributed by atoms with Gasteiger partial charge in [0.2, 0.25) is 0 Å². The molecule has 0 spiro atoms. The lowest BCUT2D eigenvalue weighted by Crippen LogP contribution is -2.15. The third kappa shape index (κ3) is 2.23. The van der Waals surface area contributed by atoms with Gasteiger partial charge in [-0.15, -0.1) is 0 Å². The third-order valence-electron chi connectivity index (χ3n) is 4.10. The predicted octanol–water partition coefficient (Wildman–Crippen LogP) is 4.15. The van der Waals surface area contributed by atoms with Crippen LogP contribution < -0.4 is 0 Å². The Morgan fingerprint density at radius 3 is 2.59 bits per heavy atom. The van der Waals surface area contributed by atoms with Crippen molar-refractivity contribution in [3.63, 3.8) is 0 Å². The first-order chi connectivity index (χ1) is 8.15. The molecule has 1 aromatic carbocycles. The van der Waals surface area contributed by atoms with Gasteiger partial charge in [-0.3, -0.25) is 4.79 Å². The lowest BCUT2D eigenvalue weighted by atomic mass is 9.94. The highest BCUT2D eigenvalue weighted by molar-refractivity contribution is 6.42. The van der Waals surface area contributed by atoms with Gasteiger partial charge in [0.05, 0.1) is 10.0 Å². The zero-order valence-corrected chi connectivity index (χ0v) is 11.0. The maximum absolute atomic E-state index is 12.1. The maximum atomic E-state index is 12.1. The number of Topliss-reactive ketones (excluding diaryl/α,β-unsaturated/α-hetero) is 1. The number of benzene rings is 1. The Bertz CT molecular complexity index is 459. The van der Waals surface area contributed by atoms with Crippen molar-refractivity contribution in [2.75, 3.05) is 0 Å². The fourth-order valence-electron chi connectivity index (χ4n) is 2.99. The van der Waals surface area contributed by atoms with Crippen LogP contribution in [0.4, 0.5) is 0 Å². The highest BCUT2D eigenvalue weighted by Gasteiger charge is 2.47. The average molecular weight is 269 g/mol. The number of carbonyl (C=O) groups is 1. The van der Waals surface area contributed by atoms with Gasteiger partial charge in [-0.05, 0) is 42.7 Å². The van der Waals surface area contributed by atoms with E-state index in [4.69, 9.17) is 23.2 Å². The molecule has 0 bridgehead atoms. The summed E-state index contributed by atoms with van der Waals surface area (Å²) in [5.41, 5.74) is 0.866. The summed E-state index contributed by atoms with van der Waals surface area (Å²) in [6.07, 6.45) is 3.98. The van der Waals surface area contributed by atoms with Crippen molar-refractivity contribution in [3.05, 3.63) is 33.8 Å². The standard InChI is InChI=1S/C14H14Cl2O/c15-12-3-1-2-8(14(12)16)7-13(17)11-5-9-4-10(9)6-11/h1-3,9-11H,4-7H2. The van der Waals surface area contributed by atoms with Crippen LogP contribution in [0.1, 0.15) is 24.8 Å². The Balaban J connectivity index is 1.69. The molecule has 0 radical (unpaired) electrons. The highest BCUT2D eigenvalue weighted by Crippen LogP contribution is 2.54. The van der Waals surface area contributed by atoms with Gasteiger partial charge in [-0.1, -0.05) is 35.3 Å². The number of halogens is 2. The van der Waals surface area contributed by atoms with E-state index in [1.54, 1.807) is 6.07 Å². The van der Waals surface area contributed by atoms with Gasteiger partial charge in [0.1, 0.15) is 5.78 Å². The lowest BCUT2D eigenvalue weighted by Gasteiger charge is -2.11. The molecule has 2 atom stereocenters.